The summed E-state index contributed by atoms with van der Waals surface area (Å²) >= 11 is 0. The molecule has 0 saturated heterocycles. The number of allylic oxidation sites excluding steroid dienone is 4. The molecule has 0 aliphatic rings. The van der Waals surface area contributed by atoms with Gasteiger partial charge in [0.15, 0.2) is 0 Å². The van der Waals surface area contributed by atoms with Crippen LogP contribution in [0.1, 0.15) is 18.9 Å². The van der Waals surface area contributed by atoms with Crippen molar-refractivity contribution in [3.05, 3.63) is 66.5 Å². The highest BCUT2D eigenvalue weighted by atomic mass is 19.1. The molecule has 0 bridgehead atoms. The quantitative estimate of drug-likeness (QED) is 0.646. The van der Waals surface area contributed by atoms with Crippen molar-refractivity contribution in [3.63, 3.8) is 0 Å². The summed E-state index contributed by atoms with van der Waals surface area (Å²) in [5.41, 5.74) is 1.91. The van der Waals surface area contributed by atoms with Gasteiger partial charge in [-0.05, 0) is 30.5 Å². The van der Waals surface area contributed by atoms with Gasteiger partial charge in [0, 0.05) is 5.46 Å². The molecule has 0 fully saturated rings. The lowest BCUT2D eigenvalue weighted by molar-refractivity contribution is 0.423. The molecule has 1 rings (SSSR count). The van der Waals surface area contributed by atoms with E-state index in [1.807, 2.05) is 12.2 Å². The maximum absolute atomic E-state index is 12.8. The molecule has 1 aromatic rings. The molecular weight excluding hydrogens is 242 g/mol. The van der Waals surface area contributed by atoms with Crippen LogP contribution in [0.25, 0.3) is 0 Å². The lowest BCUT2D eigenvalue weighted by Gasteiger charge is -2.00. The van der Waals surface area contributed by atoms with Crippen molar-refractivity contribution in [2.45, 2.75) is 20.3 Å². The summed E-state index contributed by atoms with van der Waals surface area (Å²) in [5.74, 6) is -0.583. The zero-order valence-corrected chi connectivity index (χ0v) is 11.4. The monoisotopic (exact) mass is 262 g/mol. The standard InChI is InChI=1S/C8H12.C7H8BFO2/c1-4-7-8(5-2)6-3;1-5-2-3-6(8(10)11)7(9)4-5/h4-5,7H,1-2,6H2,3H3;2-4,10-11H,1H3/b8-7+;. The van der Waals surface area contributed by atoms with E-state index in [1.165, 1.54) is 17.7 Å². The van der Waals surface area contributed by atoms with E-state index in [4.69, 9.17) is 10.0 Å². The fourth-order valence-corrected chi connectivity index (χ4v) is 1.32. The van der Waals surface area contributed by atoms with E-state index in [2.05, 4.69) is 20.1 Å². The number of halogens is 1. The third-order valence-electron chi connectivity index (χ3n) is 2.44. The number of aryl methyl sites for hydroxylation is 1. The minimum Gasteiger partial charge on any atom is -0.423 e. The molecule has 1 aromatic carbocycles. The highest BCUT2D eigenvalue weighted by molar-refractivity contribution is 6.58. The van der Waals surface area contributed by atoms with Crippen LogP contribution in [0, 0.1) is 12.7 Å². The minimum absolute atomic E-state index is 0.0874. The van der Waals surface area contributed by atoms with E-state index < -0.39 is 12.9 Å². The first-order valence-electron chi connectivity index (χ1n) is 6.02. The number of hydrogen-bond donors (Lipinski definition) is 2. The van der Waals surface area contributed by atoms with E-state index >= 15 is 0 Å². The fourth-order valence-electron chi connectivity index (χ4n) is 1.32. The van der Waals surface area contributed by atoms with Crippen molar-refractivity contribution < 1.29 is 14.4 Å². The average Bonchev–Trinajstić information content (AvgIpc) is 2.36. The Balaban J connectivity index is 0.000000362. The molecule has 2 N–H and O–H groups in total. The molecule has 19 heavy (non-hydrogen) atoms. The van der Waals surface area contributed by atoms with Gasteiger partial charge in [-0.15, -0.1) is 0 Å². The van der Waals surface area contributed by atoms with Crippen LogP contribution in [0.2, 0.25) is 0 Å². The van der Waals surface area contributed by atoms with Gasteiger partial charge in [0.2, 0.25) is 0 Å². The first kappa shape index (κ1) is 17.4. The van der Waals surface area contributed by atoms with E-state index in [0.717, 1.165) is 12.0 Å². The molecule has 0 unspecified atom stereocenters. The third kappa shape index (κ3) is 6.74. The van der Waals surface area contributed by atoms with Gasteiger partial charge in [-0.1, -0.05) is 50.4 Å². The molecule has 102 valence electrons. The molecule has 0 aliphatic carbocycles. The van der Waals surface area contributed by atoms with Gasteiger partial charge in [-0.2, -0.15) is 0 Å². The van der Waals surface area contributed by atoms with Crippen LogP contribution in [-0.2, 0) is 0 Å². The van der Waals surface area contributed by atoms with E-state index in [9.17, 15) is 4.39 Å². The second-order valence-corrected chi connectivity index (χ2v) is 3.93. The Bertz CT molecular complexity index is 453. The summed E-state index contributed by atoms with van der Waals surface area (Å²) < 4.78 is 12.8. The molecular formula is C15H20BFO2. The van der Waals surface area contributed by atoms with Crippen molar-refractivity contribution in [3.8, 4) is 0 Å². The summed E-state index contributed by atoms with van der Waals surface area (Å²) in [7, 11) is -1.73. The lowest BCUT2D eigenvalue weighted by atomic mass is 9.79. The smallest absolute Gasteiger partial charge is 0.423 e. The Labute approximate surface area is 114 Å². The first-order chi connectivity index (χ1) is 8.96. The molecule has 0 atom stereocenters. The molecule has 0 radical (unpaired) electrons. The fraction of sp³-hybridized carbons (Fsp3) is 0.200. The predicted molar refractivity (Wildman–Crippen MR) is 79.7 cm³/mol. The zero-order valence-electron chi connectivity index (χ0n) is 11.4. The van der Waals surface area contributed by atoms with Crippen molar-refractivity contribution in [2.75, 3.05) is 0 Å². The van der Waals surface area contributed by atoms with Crippen molar-refractivity contribution in [1.82, 2.24) is 0 Å². The second-order valence-electron chi connectivity index (χ2n) is 3.93. The van der Waals surface area contributed by atoms with Crippen molar-refractivity contribution >= 4 is 12.6 Å². The van der Waals surface area contributed by atoms with Crippen LogP contribution >= 0.6 is 0 Å². The normalized spacial score (nSPS) is 10.3. The zero-order chi connectivity index (χ0) is 14.8. The third-order valence-corrected chi connectivity index (χ3v) is 2.44. The second kappa shape index (κ2) is 9.31. The molecule has 0 spiro atoms. The highest BCUT2D eigenvalue weighted by Gasteiger charge is 2.15. The Morgan fingerprint density at radius 1 is 1.37 bits per heavy atom. The van der Waals surface area contributed by atoms with Gasteiger partial charge in [0.1, 0.15) is 5.82 Å². The van der Waals surface area contributed by atoms with E-state index in [-0.39, 0.29) is 5.46 Å². The predicted octanol–water partition coefficient (Wildman–Crippen LogP) is 2.51. The van der Waals surface area contributed by atoms with Gasteiger partial charge in [0.05, 0.1) is 0 Å². The topological polar surface area (TPSA) is 40.5 Å². The summed E-state index contributed by atoms with van der Waals surface area (Å²) in [5, 5.41) is 17.2. The number of benzene rings is 1. The maximum atomic E-state index is 12.8. The highest BCUT2D eigenvalue weighted by Crippen LogP contribution is 2.00. The Morgan fingerprint density at radius 3 is 2.32 bits per heavy atom. The van der Waals surface area contributed by atoms with Crippen LogP contribution in [-0.4, -0.2) is 17.2 Å². The average molecular weight is 262 g/mol. The molecule has 0 amide bonds. The van der Waals surface area contributed by atoms with E-state index in [1.54, 1.807) is 19.1 Å². The minimum atomic E-state index is -1.73. The van der Waals surface area contributed by atoms with Crippen LogP contribution in [0.5, 0.6) is 0 Å². The van der Waals surface area contributed by atoms with Crippen LogP contribution in [0.4, 0.5) is 4.39 Å². The largest absolute Gasteiger partial charge is 0.491 e. The Morgan fingerprint density at radius 2 is 2.00 bits per heavy atom. The SMILES string of the molecule is C=C/C=C(\C=C)CC.Cc1ccc(B(O)O)c(F)c1. The molecule has 0 heterocycles. The van der Waals surface area contributed by atoms with Gasteiger partial charge in [-0.3, -0.25) is 0 Å². The van der Waals surface area contributed by atoms with Crippen molar-refractivity contribution in [2.24, 2.45) is 0 Å². The maximum Gasteiger partial charge on any atom is 0.491 e. The molecule has 0 aromatic heterocycles. The summed E-state index contributed by atoms with van der Waals surface area (Å²) in [6.45, 7) is 11.0. The number of rotatable bonds is 4. The molecule has 2 nitrogen and oxygen atoms in total. The molecule has 0 aliphatic heterocycles. The van der Waals surface area contributed by atoms with Crippen LogP contribution < -0.4 is 5.46 Å². The van der Waals surface area contributed by atoms with Crippen LogP contribution in [0.3, 0.4) is 0 Å². The number of hydrogen-bond acceptors (Lipinski definition) is 2. The van der Waals surface area contributed by atoms with Crippen LogP contribution in [0.15, 0.2) is 55.2 Å². The van der Waals surface area contributed by atoms with Gasteiger partial charge < -0.3 is 10.0 Å². The van der Waals surface area contributed by atoms with E-state index in [0.29, 0.717) is 0 Å². The Hall–Kier alpha value is -1.65. The van der Waals surface area contributed by atoms with Crippen molar-refractivity contribution in [1.29, 1.82) is 0 Å². The first-order valence-corrected chi connectivity index (χ1v) is 6.02. The van der Waals surface area contributed by atoms with Gasteiger partial charge >= 0.3 is 7.12 Å². The molecule has 4 heteroatoms. The molecule has 0 saturated carbocycles. The Kier molecular flexibility index (Phi) is 8.50. The summed E-state index contributed by atoms with van der Waals surface area (Å²) in [6.07, 6.45) is 6.63. The van der Waals surface area contributed by atoms with Gasteiger partial charge in [0.25, 0.3) is 0 Å². The van der Waals surface area contributed by atoms with Gasteiger partial charge in [-0.25, -0.2) is 4.39 Å². The summed E-state index contributed by atoms with van der Waals surface area (Å²) in [4.78, 5) is 0. The lowest BCUT2D eigenvalue weighted by Crippen LogP contribution is -2.32. The summed E-state index contributed by atoms with van der Waals surface area (Å²) in [6, 6.07) is 4.24.